The third-order valence-corrected chi connectivity index (χ3v) is 4.13. The standard InChI is InChI=1S/C22H44O5/c1-4-5-6-7-8-9-10-11-14-24-16-18-26-19-17-25-15-12-13-22(23)27-20-21(2)3/h21H,4-20H2,1-3H3. The Morgan fingerprint density at radius 3 is 1.70 bits per heavy atom. The highest BCUT2D eigenvalue weighted by molar-refractivity contribution is 5.69. The molecule has 0 bridgehead atoms. The Balaban J connectivity index is 3.08. The van der Waals surface area contributed by atoms with Crippen molar-refractivity contribution < 1.29 is 23.7 Å². The van der Waals surface area contributed by atoms with Gasteiger partial charge in [0, 0.05) is 19.6 Å². The number of carbonyl (C=O) groups is 1. The zero-order chi connectivity index (χ0) is 20.0. The smallest absolute Gasteiger partial charge is 0.305 e. The molecule has 5 nitrogen and oxygen atoms in total. The second-order valence-electron chi connectivity index (χ2n) is 7.49. The summed E-state index contributed by atoms with van der Waals surface area (Å²) in [7, 11) is 0. The van der Waals surface area contributed by atoms with Crippen LogP contribution in [-0.2, 0) is 23.7 Å². The van der Waals surface area contributed by atoms with Gasteiger partial charge in [0.2, 0.25) is 0 Å². The molecule has 0 saturated carbocycles. The summed E-state index contributed by atoms with van der Waals surface area (Å²) in [6.45, 7) is 10.6. The van der Waals surface area contributed by atoms with Gasteiger partial charge in [-0.05, 0) is 18.8 Å². The average molecular weight is 389 g/mol. The van der Waals surface area contributed by atoms with Crippen molar-refractivity contribution in [3.63, 3.8) is 0 Å². The molecule has 0 aliphatic heterocycles. The van der Waals surface area contributed by atoms with Crippen LogP contribution in [0.25, 0.3) is 0 Å². The molecule has 0 aromatic heterocycles. The molecule has 0 fully saturated rings. The predicted octanol–water partition coefficient (Wildman–Crippen LogP) is 5.16. The van der Waals surface area contributed by atoms with Crippen LogP contribution in [0, 0.1) is 5.92 Å². The first-order chi connectivity index (χ1) is 13.2. The van der Waals surface area contributed by atoms with Gasteiger partial charge in [-0.2, -0.15) is 0 Å². The fraction of sp³-hybridized carbons (Fsp3) is 0.955. The summed E-state index contributed by atoms with van der Waals surface area (Å²) in [4.78, 5) is 11.4. The second-order valence-corrected chi connectivity index (χ2v) is 7.49. The van der Waals surface area contributed by atoms with E-state index in [4.69, 9.17) is 18.9 Å². The lowest BCUT2D eigenvalue weighted by Gasteiger charge is -2.08. The van der Waals surface area contributed by atoms with E-state index in [2.05, 4.69) is 6.92 Å². The number of ether oxygens (including phenoxy) is 4. The van der Waals surface area contributed by atoms with Crippen molar-refractivity contribution in [1.29, 1.82) is 0 Å². The maximum Gasteiger partial charge on any atom is 0.305 e. The molecule has 0 radical (unpaired) electrons. The van der Waals surface area contributed by atoms with Gasteiger partial charge in [0.25, 0.3) is 0 Å². The molecule has 0 spiro atoms. The lowest BCUT2D eigenvalue weighted by atomic mass is 10.1. The molecule has 0 atom stereocenters. The number of rotatable bonds is 21. The molecule has 0 aromatic carbocycles. The highest BCUT2D eigenvalue weighted by Gasteiger charge is 2.03. The van der Waals surface area contributed by atoms with Crippen molar-refractivity contribution >= 4 is 5.97 Å². The zero-order valence-corrected chi connectivity index (χ0v) is 18.1. The highest BCUT2D eigenvalue weighted by atomic mass is 16.5. The van der Waals surface area contributed by atoms with Crippen LogP contribution in [0.2, 0.25) is 0 Å². The van der Waals surface area contributed by atoms with Crippen LogP contribution in [0.3, 0.4) is 0 Å². The average Bonchev–Trinajstić information content (AvgIpc) is 2.65. The van der Waals surface area contributed by atoms with Crippen LogP contribution < -0.4 is 0 Å². The Morgan fingerprint density at radius 2 is 1.15 bits per heavy atom. The van der Waals surface area contributed by atoms with E-state index in [1.54, 1.807) is 0 Å². The molecule has 0 aliphatic rings. The van der Waals surface area contributed by atoms with Crippen LogP contribution in [0.15, 0.2) is 0 Å². The molecular formula is C22H44O5. The highest BCUT2D eigenvalue weighted by Crippen LogP contribution is 2.08. The molecule has 0 heterocycles. The molecule has 0 aliphatic carbocycles. The van der Waals surface area contributed by atoms with Crippen molar-refractivity contribution in [2.24, 2.45) is 5.92 Å². The number of esters is 1. The number of carbonyl (C=O) groups excluding carboxylic acids is 1. The summed E-state index contributed by atoms with van der Waals surface area (Å²) in [6.07, 6.45) is 11.7. The van der Waals surface area contributed by atoms with Crippen molar-refractivity contribution in [2.75, 3.05) is 46.2 Å². The van der Waals surface area contributed by atoms with E-state index in [9.17, 15) is 4.79 Å². The zero-order valence-electron chi connectivity index (χ0n) is 18.1. The Hall–Kier alpha value is -0.650. The molecule has 0 aromatic rings. The maximum atomic E-state index is 11.4. The van der Waals surface area contributed by atoms with Crippen LogP contribution in [0.1, 0.15) is 85.0 Å². The van der Waals surface area contributed by atoms with Gasteiger partial charge in [0.05, 0.1) is 33.0 Å². The molecule has 162 valence electrons. The molecule has 0 unspecified atom stereocenters. The van der Waals surface area contributed by atoms with E-state index < -0.39 is 0 Å². The van der Waals surface area contributed by atoms with Crippen molar-refractivity contribution in [3.05, 3.63) is 0 Å². The monoisotopic (exact) mass is 388 g/mol. The van der Waals surface area contributed by atoms with Gasteiger partial charge >= 0.3 is 5.97 Å². The molecule has 0 rings (SSSR count). The lowest BCUT2D eigenvalue weighted by Crippen LogP contribution is -2.12. The van der Waals surface area contributed by atoms with E-state index in [-0.39, 0.29) is 5.97 Å². The van der Waals surface area contributed by atoms with Gasteiger partial charge in [-0.1, -0.05) is 65.7 Å². The third-order valence-electron chi connectivity index (χ3n) is 4.13. The van der Waals surface area contributed by atoms with Gasteiger partial charge in [-0.25, -0.2) is 0 Å². The van der Waals surface area contributed by atoms with E-state index >= 15 is 0 Å². The van der Waals surface area contributed by atoms with Crippen LogP contribution in [0.5, 0.6) is 0 Å². The normalized spacial score (nSPS) is 11.3. The van der Waals surface area contributed by atoms with Crippen molar-refractivity contribution in [3.8, 4) is 0 Å². The van der Waals surface area contributed by atoms with Gasteiger partial charge in [-0.3, -0.25) is 4.79 Å². The fourth-order valence-corrected chi connectivity index (χ4v) is 2.53. The predicted molar refractivity (Wildman–Crippen MR) is 110 cm³/mol. The summed E-state index contributed by atoms with van der Waals surface area (Å²) in [5.74, 6) is 0.240. The Bertz CT molecular complexity index is 307. The molecule has 0 N–H and O–H groups in total. The Labute approximate surface area is 167 Å². The first-order valence-electron chi connectivity index (χ1n) is 11.1. The molecule has 27 heavy (non-hydrogen) atoms. The summed E-state index contributed by atoms with van der Waals surface area (Å²) < 4.78 is 21.6. The van der Waals surface area contributed by atoms with E-state index in [0.717, 1.165) is 13.0 Å². The van der Waals surface area contributed by atoms with Crippen LogP contribution >= 0.6 is 0 Å². The largest absolute Gasteiger partial charge is 0.465 e. The number of hydrogen-bond acceptors (Lipinski definition) is 5. The van der Waals surface area contributed by atoms with E-state index in [0.29, 0.717) is 58.4 Å². The second kappa shape index (κ2) is 21.6. The first kappa shape index (κ1) is 26.4. The summed E-state index contributed by atoms with van der Waals surface area (Å²) >= 11 is 0. The molecular weight excluding hydrogens is 344 g/mol. The van der Waals surface area contributed by atoms with Gasteiger partial charge in [-0.15, -0.1) is 0 Å². The summed E-state index contributed by atoms with van der Waals surface area (Å²) in [5.41, 5.74) is 0. The van der Waals surface area contributed by atoms with Gasteiger partial charge < -0.3 is 18.9 Å². The van der Waals surface area contributed by atoms with E-state index in [1.165, 1.54) is 44.9 Å². The molecule has 0 saturated heterocycles. The number of unbranched alkanes of at least 4 members (excludes halogenated alkanes) is 7. The summed E-state index contributed by atoms with van der Waals surface area (Å²) in [6, 6.07) is 0. The van der Waals surface area contributed by atoms with Crippen LogP contribution in [0.4, 0.5) is 0 Å². The fourth-order valence-electron chi connectivity index (χ4n) is 2.53. The minimum absolute atomic E-state index is 0.141. The first-order valence-corrected chi connectivity index (χ1v) is 11.1. The quantitative estimate of drug-likeness (QED) is 0.201. The SMILES string of the molecule is CCCCCCCCCCOCCOCCOCCCC(=O)OCC(C)C. The van der Waals surface area contributed by atoms with Crippen molar-refractivity contribution in [2.45, 2.75) is 85.0 Å². The molecule has 5 heteroatoms. The van der Waals surface area contributed by atoms with Crippen LogP contribution in [-0.4, -0.2) is 52.2 Å². The maximum absolute atomic E-state index is 11.4. The van der Waals surface area contributed by atoms with Gasteiger partial charge in [0.1, 0.15) is 0 Å². The third kappa shape index (κ3) is 23.3. The minimum atomic E-state index is -0.141. The number of hydrogen-bond donors (Lipinski definition) is 0. The lowest BCUT2D eigenvalue weighted by molar-refractivity contribution is -0.145. The Morgan fingerprint density at radius 1 is 0.667 bits per heavy atom. The summed E-state index contributed by atoms with van der Waals surface area (Å²) in [5, 5.41) is 0. The van der Waals surface area contributed by atoms with Crippen molar-refractivity contribution in [1.82, 2.24) is 0 Å². The topological polar surface area (TPSA) is 54.0 Å². The Kier molecular flexibility index (Phi) is 21.1. The molecule has 0 amide bonds. The van der Waals surface area contributed by atoms with Gasteiger partial charge in [0.15, 0.2) is 0 Å². The van der Waals surface area contributed by atoms with E-state index in [1.807, 2.05) is 13.8 Å². The minimum Gasteiger partial charge on any atom is -0.465 e.